The zero-order valence-corrected chi connectivity index (χ0v) is 18.9. The van der Waals surface area contributed by atoms with Crippen molar-refractivity contribution in [3.63, 3.8) is 0 Å². The number of amidine groups is 1. The first-order valence-electron chi connectivity index (χ1n) is 10.3. The second kappa shape index (κ2) is 9.73. The van der Waals surface area contributed by atoms with Gasteiger partial charge in [0, 0.05) is 30.9 Å². The molecule has 34 heavy (non-hydrogen) atoms. The van der Waals surface area contributed by atoms with Crippen molar-refractivity contribution in [1.29, 1.82) is 0 Å². The molecule has 0 fully saturated rings. The van der Waals surface area contributed by atoms with E-state index < -0.39 is 17.6 Å². The molecule has 0 unspecified atom stereocenters. The summed E-state index contributed by atoms with van der Waals surface area (Å²) in [4.78, 5) is 36.1. The van der Waals surface area contributed by atoms with Gasteiger partial charge in [-0.1, -0.05) is 23.6 Å². The lowest BCUT2D eigenvalue weighted by Gasteiger charge is -2.15. The second-order valence-electron chi connectivity index (χ2n) is 7.50. The molecule has 170 valence electrons. The third-order valence-corrected chi connectivity index (χ3v) is 5.40. The standard InChI is InChI=1S/C25H19ClFN5O2/c1-3-15-4-8-21(19(12-15)25(34)31-22-9-6-17(26)14-29-22)30-24(33)18-7-5-16(13-20(18)27)23-28-10-11-32(23)2/h1,4-9,12-14H,10-11H2,2H3,(H,30,33)(H,29,31,34). The summed E-state index contributed by atoms with van der Waals surface area (Å²) in [6, 6.07) is 11.9. The molecule has 0 saturated heterocycles. The Morgan fingerprint density at radius 1 is 1.09 bits per heavy atom. The van der Waals surface area contributed by atoms with Crippen molar-refractivity contribution < 1.29 is 14.0 Å². The molecule has 0 radical (unpaired) electrons. The van der Waals surface area contributed by atoms with E-state index in [1.165, 1.54) is 36.5 Å². The van der Waals surface area contributed by atoms with Crippen molar-refractivity contribution in [3.05, 3.63) is 87.8 Å². The Balaban J connectivity index is 1.58. The number of nitrogens with zero attached hydrogens (tertiary/aromatic N) is 3. The van der Waals surface area contributed by atoms with E-state index in [2.05, 4.69) is 26.5 Å². The number of carbonyl (C=O) groups is 2. The number of rotatable bonds is 5. The van der Waals surface area contributed by atoms with Crippen LogP contribution in [0.25, 0.3) is 0 Å². The highest BCUT2D eigenvalue weighted by Gasteiger charge is 2.20. The number of anilines is 2. The van der Waals surface area contributed by atoms with E-state index in [-0.39, 0.29) is 22.6 Å². The van der Waals surface area contributed by atoms with Crippen molar-refractivity contribution in [1.82, 2.24) is 9.88 Å². The zero-order chi connectivity index (χ0) is 24.2. The van der Waals surface area contributed by atoms with Crippen molar-refractivity contribution in [2.75, 3.05) is 30.8 Å². The number of aliphatic imine (C=N–C) groups is 1. The molecule has 1 aliphatic heterocycles. The van der Waals surface area contributed by atoms with E-state index >= 15 is 0 Å². The Kier molecular flexibility index (Phi) is 6.57. The van der Waals surface area contributed by atoms with E-state index in [1.54, 1.807) is 18.2 Å². The van der Waals surface area contributed by atoms with Gasteiger partial charge in [0.2, 0.25) is 0 Å². The van der Waals surface area contributed by atoms with Crippen molar-refractivity contribution in [2.45, 2.75) is 0 Å². The average Bonchev–Trinajstić information content (AvgIpc) is 3.26. The van der Waals surface area contributed by atoms with Gasteiger partial charge in [0.15, 0.2) is 0 Å². The van der Waals surface area contributed by atoms with Crippen LogP contribution in [0.5, 0.6) is 0 Å². The van der Waals surface area contributed by atoms with Gasteiger partial charge >= 0.3 is 0 Å². The van der Waals surface area contributed by atoms with Crippen molar-refractivity contribution >= 4 is 40.8 Å². The molecule has 0 aliphatic carbocycles. The van der Waals surface area contributed by atoms with Crippen LogP contribution in [0.4, 0.5) is 15.9 Å². The maximum absolute atomic E-state index is 14.8. The molecule has 0 saturated carbocycles. The minimum Gasteiger partial charge on any atom is -0.358 e. The molecule has 0 spiro atoms. The smallest absolute Gasteiger partial charge is 0.258 e. The lowest BCUT2D eigenvalue weighted by molar-refractivity contribution is 0.102. The molecule has 9 heteroatoms. The van der Waals surface area contributed by atoms with Crippen LogP contribution in [0.3, 0.4) is 0 Å². The normalized spacial score (nSPS) is 12.6. The maximum atomic E-state index is 14.8. The molecule has 1 aromatic heterocycles. The van der Waals surface area contributed by atoms with Crippen molar-refractivity contribution in [3.8, 4) is 12.3 Å². The molecule has 2 aromatic carbocycles. The summed E-state index contributed by atoms with van der Waals surface area (Å²) >= 11 is 5.83. The topological polar surface area (TPSA) is 86.7 Å². The number of terminal acetylenes is 1. The van der Waals surface area contributed by atoms with E-state index in [0.29, 0.717) is 28.5 Å². The van der Waals surface area contributed by atoms with E-state index in [1.807, 2.05) is 11.9 Å². The van der Waals surface area contributed by atoms with E-state index in [4.69, 9.17) is 18.0 Å². The van der Waals surface area contributed by atoms with Gasteiger partial charge < -0.3 is 15.5 Å². The fourth-order valence-electron chi connectivity index (χ4n) is 3.44. The SMILES string of the molecule is C#Cc1ccc(NC(=O)c2ccc(C3=NCCN3C)cc2F)c(C(=O)Nc2ccc(Cl)cn2)c1. The predicted octanol–water partition coefficient (Wildman–Crippen LogP) is 4.05. The first kappa shape index (κ1) is 23.0. The number of nitrogens with one attached hydrogen (secondary N) is 2. The quantitative estimate of drug-likeness (QED) is 0.545. The fraction of sp³-hybridized carbons (Fsp3) is 0.120. The highest BCUT2D eigenvalue weighted by molar-refractivity contribution is 6.30. The van der Waals surface area contributed by atoms with Crippen LogP contribution in [-0.4, -0.2) is 47.7 Å². The lowest BCUT2D eigenvalue weighted by Crippen LogP contribution is -2.24. The summed E-state index contributed by atoms with van der Waals surface area (Å²) in [5.74, 6) is 1.42. The minimum absolute atomic E-state index is 0.0968. The number of hydrogen-bond donors (Lipinski definition) is 2. The van der Waals surface area contributed by atoms with Gasteiger partial charge in [-0.05, 0) is 42.5 Å². The minimum atomic E-state index is -0.710. The van der Waals surface area contributed by atoms with Crippen LogP contribution >= 0.6 is 11.6 Å². The lowest BCUT2D eigenvalue weighted by atomic mass is 10.1. The maximum Gasteiger partial charge on any atom is 0.258 e. The number of benzene rings is 2. The number of halogens is 2. The number of pyridine rings is 1. The number of hydrogen-bond acceptors (Lipinski definition) is 5. The Morgan fingerprint density at radius 3 is 2.53 bits per heavy atom. The number of carbonyl (C=O) groups excluding carboxylic acids is 2. The van der Waals surface area contributed by atoms with Crippen LogP contribution in [0.15, 0.2) is 59.7 Å². The van der Waals surface area contributed by atoms with Crippen LogP contribution in [-0.2, 0) is 0 Å². The largest absolute Gasteiger partial charge is 0.358 e. The Morgan fingerprint density at radius 2 is 1.88 bits per heavy atom. The molecule has 0 bridgehead atoms. The highest BCUT2D eigenvalue weighted by Crippen LogP contribution is 2.22. The van der Waals surface area contributed by atoms with Gasteiger partial charge in [-0.2, -0.15) is 0 Å². The van der Waals surface area contributed by atoms with E-state index in [9.17, 15) is 14.0 Å². The highest BCUT2D eigenvalue weighted by atomic mass is 35.5. The zero-order valence-electron chi connectivity index (χ0n) is 18.1. The summed E-state index contributed by atoms with van der Waals surface area (Å²) in [5.41, 5.74) is 1.11. The number of likely N-dealkylation sites (N-methyl/N-ethyl adjacent to an activating group) is 1. The average molecular weight is 476 g/mol. The van der Waals surface area contributed by atoms with Crippen LogP contribution in [0.2, 0.25) is 5.02 Å². The number of amides is 2. The van der Waals surface area contributed by atoms with Crippen LogP contribution < -0.4 is 10.6 Å². The Bertz CT molecular complexity index is 1350. The van der Waals surface area contributed by atoms with Gasteiger partial charge in [-0.3, -0.25) is 14.6 Å². The first-order chi connectivity index (χ1) is 16.4. The molecule has 3 aromatic rings. The molecule has 4 rings (SSSR count). The summed E-state index contributed by atoms with van der Waals surface area (Å²) in [6.45, 7) is 1.39. The molecular formula is C25H19ClFN5O2. The summed E-state index contributed by atoms with van der Waals surface area (Å²) < 4.78 is 14.8. The molecule has 0 atom stereocenters. The van der Waals surface area contributed by atoms with Crippen LogP contribution in [0.1, 0.15) is 31.8 Å². The van der Waals surface area contributed by atoms with E-state index in [0.717, 1.165) is 6.54 Å². The van der Waals surface area contributed by atoms with Gasteiger partial charge in [0.1, 0.15) is 17.5 Å². The second-order valence-corrected chi connectivity index (χ2v) is 7.93. The van der Waals surface area contributed by atoms with Crippen LogP contribution in [0, 0.1) is 18.2 Å². The number of aromatic nitrogens is 1. The summed E-state index contributed by atoms with van der Waals surface area (Å²) in [7, 11) is 1.87. The molecule has 7 nitrogen and oxygen atoms in total. The fourth-order valence-corrected chi connectivity index (χ4v) is 3.55. The summed E-state index contributed by atoms with van der Waals surface area (Å²) in [6.07, 6.45) is 6.86. The first-order valence-corrected chi connectivity index (χ1v) is 10.6. The summed E-state index contributed by atoms with van der Waals surface area (Å²) in [5, 5.41) is 5.64. The van der Waals surface area contributed by atoms with Gasteiger partial charge in [0.05, 0.1) is 28.4 Å². The molecule has 2 amide bonds. The predicted molar refractivity (Wildman–Crippen MR) is 130 cm³/mol. The van der Waals surface area contributed by atoms with Gasteiger partial charge in [0.25, 0.3) is 11.8 Å². The van der Waals surface area contributed by atoms with Crippen molar-refractivity contribution in [2.24, 2.45) is 4.99 Å². The third kappa shape index (κ3) is 4.90. The molecular weight excluding hydrogens is 457 g/mol. The Hall–Kier alpha value is -4.22. The molecule has 2 N–H and O–H groups in total. The molecule has 1 aliphatic rings. The monoisotopic (exact) mass is 475 g/mol. The Labute approximate surface area is 200 Å². The molecule has 2 heterocycles. The van der Waals surface area contributed by atoms with Gasteiger partial charge in [-0.25, -0.2) is 9.37 Å². The van der Waals surface area contributed by atoms with Gasteiger partial charge in [-0.15, -0.1) is 6.42 Å². The third-order valence-electron chi connectivity index (χ3n) is 5.18.